The minimum Gasteiger partial charge on any atom is -0.352 e. The Morgan fingerprint density at radius 3 is 2.65 bits per heavy atom. The van der Waals surface area contributed by atoms with Gasteiger partial charge in [-0.3, -0.25) is 4.79 Å². The van der Waals surface area contributed by atoms with Gasteiger partial charge in [0.25, 0.3) is 0 Å². The molecule has 1 saturated carbocycles. The van der Waals surface area contributed by atoms with Gasteiger partial charge in [0.05, 0.1) is 6.26 Å². The number of rotatable bonds is 5. The van der Waals surface area contributed by atoms with Crippen LogP contribution in [0.3, 0.4) is 0 Å². The molecule has 1 aliphatic carbocycles. The molecule has 1 aliphatic rings. The van der Waals surface area contributed by atoms with Gasteiger partial charge in [0.15, 0.2) is 0 Å². The van der Waals surface area contributed by atoms with Crippen LogP contribution in [0.4, 0.5) is 0 Å². The predicted octanol–water partition coefficient (Wildman–Crippen LogP) is 0.448. The van der Waals surface area contributed by atoms with E-state index in [1.54, 1.807) is 6.92 Å². The monoisotopic (exact) mass is 282 g/mol. The Morgan fingerprint density at radius 2 is 2.12 bits per heavy atom. The second-order valence-corrected chi connectivity index (χ2v) is 7.03. The lowest BCUT2D eigenvalue weighted by Crippen LogP contribution is -2.44. The first-order chi connectivity index (χ1) is 7.79. The summed E-state index contributed by atoms with van der Waals surface area (Å²) in [4.78, 5) is 11.5. The summed E-state index contributed by atoms with van der Waals surface area (Å²) < 4.78 is 24.5. The van der Waals surface area contributed by atoms with Crippen LogP contribution in [-0.2, 0) is 14.8 Å². The van der Waals surface area contributed by atoms with Crippen LogP contribution in [0.15, 0.2) is 0 Å². The van der Waals surface area contributed by atoms with E-state index in [0.29, 0.717) is 6.54 Å². The molecule has 1 rings (SSSR count). The lowest BCUT2D eigenvalue weighted by Gasteiger charge is -2.21. The van der Waals surface area contributed by atoms with Crippen molar-refractivity contribution in [1.29, 1.82) is 0 Å². The van der Waals surface area contributed by atoms with Crippen LogP contribution >= 0.6 is 11.6 Å². The van der Waals surface area contributed by atoms with E-state index in [-0.39, 0.29) is 17.9 Å². The predicted molar refractivity (Wildman–Crippen MR) is 67.4 cm³/mol. The Bertz CT molecular complexity index is 370. The molecule has 7 heteroatoms. The first-order valence-corrected chi connectivity index (χ1v) is 8.01. The largest absolute Gasteiger partial charge is 0.352 e. The number of alkyl halides is 1. The molecule has 0 spiro atoms. The molecule has 1 fully saturated rings. The Morgan fingerprint density at radius 1 is 1.47 bits per heavy atom. The second-order valence-electron chi connectivity index (χ2n) is 4.54. The fourth-order valence-corrected chi connectivity index (χ4v) is 2.61. The third kappa shape index (κ3) is 5.23. The van der Waals surface area contributed by atoms with Gasteiger partial charge < -0.3 is 5.32 Å². The van der Waals surface area contributed by atoms with Crippen LogP contribution < -0.4 is 10.0 Å². The van der Waals surface area contributed by atoms with Crippen LogP contribution in [0, 0.1) is 5.92 Å². The van der Waals surface area contributed by atoms with Crippen molar-refractivity contribution in [3.05, 3.63) is 0 Å². The van der Waals surface area contributed by atoms with Gasteiger partial charge in [-0.15, -0.1) is 11.6 Å². The standard InChI is InChI=1S/C10H19ClN2O3S/c1-7(11)10(14)13-9-5-3-4-8(9)6-12-17(2,15)16/h7-9,12H,3-6H2,1-2H3,(H,13,14). The molecule has 0 radical (unpaired) electrons. The maximum Gasteiger partial charge on any atom is 0.237 e. The molecule has 5 nitrogen and oxygen atoms in total. The Kier molecular flexibility index (Phi) is 5.22. The number of hydrogen-bond donors (Lipinski definition) is 2. The van der Waals surface area contributed by atoms with Gasteiger partial charge in [-0.1, -0.05) is 6.42 Å². The molecule has 0 aromatic heterocycles. The summed E-state index contributed by atoms with van der Waals surface area (Å²) in [6.45, 7) is 2.00. The van der Waals surface area contributed by atoms with E-state index in [4.69, 9.17) is 11.6 Å². The summed E-state index contributed by atoms with van der Waals surface area (Å²) in [5.41, 5.74) is 0. The first kappa shape index (κ1) is 14.7. The summed E-state index contributed by atoms with van der Waals surface area (Å²) in [6.07, 6.45) is 3.93. The zero-order chi connectivity index (χ0) is 13.1. The van der Waals surface area contributed by atoms with E-state index >= 15 is 0 Å². The highest BCUT2D eigenvalue weighted by Gasteiger charge is 2.29. The Hall–Kier alpha value is -0.330. The van der Waals surface area contributed by atoms with Gasteiger partial charge in [0.2, 0.25) is 15.9 Å². The zero-order valence-electron chi connectivity index (χ0n) is 10.1. The van der Waals surface area contributed by atoms with Crippen LogP contribution in [0.2, 0.25) is 0 Å². The highest BCUT2D eigenvalue weighted by molar-refractivity contribution is 7.88. The molecule has 100 valence electrons. The van der Waals surface area contributed by atoms with Crippen LogP contribution in [0.25, 0.3) is 0 Å². The number of halogens is 1. The number of sulfonamides is 1. The van der Waals surface area contributed by atoms with E-state index in [1.165, 1.54) is 0 Å². The lowest BCUT2D eigenvalue weighted by atomic mass is 10.0. The van der Waals surface area contributed by atoms with Gasteiger partial charge in [-0.25, -0.2) is 13.1 Å². The van der Waals surface area contributed by atoms with E-state index in [9.17, 15) is 13.2 Å². The Labute approximate surface area is 107 Å². The molecular weight excluding hydrogens is 264 g/mol. The molecular formula is C10H19ClN2O3S. The summed E-state index contributed by atoms with van der Waals surface area (Å²) in [5.74, 6) is -0.0352. The molecule has 0 bridgehead atoms. The maximum absolute atomic E-state index is 11.5. The normalized spacial score (nSPS) is 26.8. The Balaban J connectivity index is 2.47. The van der Waals surface area contributed by atoms with Crippen molar-refractivity contribution in [3.8, 4) is 0 Å². The topological polar surface area (TPSA) is 75.3 Å². The fourth-order valence-electron chi connectivity index (χ4n) is 2.03. The first-order valence-electron chi connectivity index (χ1n) is 5.68. The lowest BCUT2D eigenvalue weighted by molar-refractivity contribution is -0.121. The number of carbonyl (C=O) groups is 1. The second kappa shape index (κ2) is 6.02. The highest BCUT2D eigenvalue weighted by Crippen LogP contribution is 2.25. The molecule has 0 heterocycles. The molecule has 0 saturated heterocycles. The molecule has 0 aromatic carbocycles. The van der Waals surface area contributed by atoms with Gasteiger partial charge in [-0.05, 0) is 25.7 Å². The molecule has 2 N–H and O–H groups in total. The van der Waals surface area contributed by atoms with Crippen molar-refractivity contribution in [1.82, 2.24) is 10.0 Å². The van der Waals surface area contributed by atoms with Crippen molar-refractivity contribution >= 4 is 27.5 Å². The van der Waals surface area contributed by atoms with Gasteiger partial charge >= 0.3 is 0 Å². The fraction of sp³-hybridized carbons (Fsp3) is 0.900. The summed E-state index contributed by atoms with van der Waals surface area (Å²) in [6, 6.07) is 0.0259. The summed E-state index contributed by atoms with van der Waals surface area (Å²) in [7, 11) is -3.17. The third-order valence-electron chi connectivity index (χ3n) is 2.96. The highest BCUT2D eigenvalue weighted by atomic mass is 35.5. The number of amides is 1. The number of hydrogen-bond acceptors (Lipinski definition) is 3. The molecule has 0 aliphatic heterocycles. The molecule has 3 atom stereocenters. The molecule has 1 amide bonds. The van der Waals surface area contributed by atoms with Crippen molar-refractivity contribution in [2.45, 2.75) is 37.6 Å². The van der Waals surface area contributed by atoms with Crippen molar-refractivity contribution in [2.24, 2.45) is 5.92 Å². The minimum atomic E-state index is -3.17. The average molecular weight is 283 g/mol. The third-order valence-corrected chi connectivity index (χ3v) is 3.84. The van der Waals surface area contributed by atoms with E-state index in [1.807, 2.05) is 0 Å². The van der Waals surface area contributed by atoms with Crippen molar-refractivity contribution in [3.63, 3.8) is 0 Å². The average Bonchev–Trinajstić information content (AvgIpc) is 2.61. The van der Waals surface area contributed by atoms with Gasteiger partial charge in [0.1, 0.15) is 5.38 Å². The molecule has 3 unspecified atom stereocenters. The number of carbonyl (C=O) groups excluding carboxylic acids is 1. The van der Waals surface area contributed by atoms with Crippen molar-refractivity contribution < 1.29 is 13.2 Å². The van der Waals surface area contributed by atoms with Crippen molar-refractivity contribution in [2.75, 3.05) is 12.8 Å². The zero-order valence-corrected chi connectivity index (χ0v) is 11.6. The van der Waals surface area contributed by atoms with E-state index in [2.05, 4.69) is 10.0 Å². The maximum atomic E-state index is 11.5. The summed E-state index contributed by atoms with van der Waals surface area (Å²) in [5, 5.41) is 2.30. The van der Waals surface area contributed by atoms with E-state index < -0.39 is 15.4 Å². The number of nitrogens with one attached hydrogen (secondary N) is 2. The quantitative estimate of drug-likeness (QED) is 0.719. The SMILES string of the molecule is CC(Cl)C(=O)NC1CCCC1CNS(C)(=O)=O. The van der Waals surface area contributed by atoms with Crippen LogP contribution in [0.5, 0.6) is 0 Å². The smallest absolute Gasteiger partial charge is 0.237 e. The molecule has 17 heavy (non-hydrogen) atoms. The van der Waals surface area contributed by atoms with Crippen LogP contribution in [0.1, 0.15) is 26.2 Å². The van der Waals surface area contributed by atoms with E-state index in [0.717, 1.165) is 25.5 Å². The molecule has 0 aromatic rings. The van der Waals surface area contributed by atoms with Crippen LogP contribution in [-0.4, -0.2) is 38.5 Å². The van der Waals surface area contributed by atoms with Gasteiger partial charge in [0, 0.05) is 12.6 Å². The summed E-state index contributed by atoms with van der Waals surface area (Å²) >= 11 is 5.68. The minimum absolute atomic E-state index is 0.0259. The van der Waals surface area contributed by atoms with Gasteiger partial charge in [-0.2, -0.15) is 0 Å².